The number of imidazole rings is 1. The van der Waals surface area contributed by atoms with Crippen molar-refractivity contribution in [2.75, 3.05) is 6.61 Å². The highest BCUT2D eigenvalue weighted by atomic mass is 28.3. The van der Waals surface area contributed by atoms with Crippen LogP contribution < -0.4 is 10.6 Å². The quantitative estimate of drug-likeness (QED) is 0.269. The predicted molar refractivity (Wildman–Crippen MR) is 126 cm³/mol. The molecular weight excluding hydrogens is 430 g/mol. The minimum atomic E-state index is -1.16. The molecule has 32 heavy (non-hydrogen) atoms. The third-order valence-corrected chi connectivity index (χ3v) is 5.35. The zero-order chi connectivity index (χ0) is 24.6. The first-order chi connectivity index (χ1) is 14.5. The first-order valence-electron chi connectivity index (χ1n) is 10.7. The van der Waals surface area contributed by atoms with Gasteiger partial charge < -0.3 is 18.8 Å². The lowest BCUT2D eigenvalue weighted by Crippen LogP contribution is -2.47. The second-order valence-electron chi connectivity index (χ2n) is 10.6. The normalized spacial score (nSPS) is 12.2. The molecule has 0 unspecified atom stereocenters. The summed E-state index contributed by atoms with van der Waals surface area (Å²) in [4.78, 5) is 32.9. The lowest BCUT2D eigenvalue weighted by Gasteiger charge is -2.22. The molecule has 1 aromatic heterocycles. The highest BCUT2D eigenvalue weighted by Gasteiger charge is 2.21. The van der Waals surface area contributed by atoms with Crippen LogP contribution in [0.4, 0.5) is 9.59 Å². The highest BCUT2D eigenvalue weighted by molar-refractivity contribution is 6.76. The van der Waals surface area contributed by atoms with Crippen LogP contribution in [0, 0.1) is 0 Å². The van der Waals surface area contributed by atoms with E-state index >= 15 is 0 Å². The van der Waals surface area contributed by atoms with Crippen molar-refractivity contribution in [1.82, 2.24) is 20.2 Å². The molecule has 10 nitrogen and oxygen atoms in total. The van der Waals surface area contributed by atoms with E-state index in [0.717, 1.165) is 6.04 Å². The molecule has 11 heteroatoms. The van der Waals surface area contributed by atoms with Gasteiger partial charge >= 0.3 is 12.2 Å². The van der Waals surface area contributed by atoms with Gasteiger partial charge in [-0.3, -0.25) is 10.6 Å². The summed E-state index contributed by atoms with van der Waals surface area (Å²) >= 11 is 0. The SMILES string of the molecule is CC(C)(C)OC(=O)NC(=NCc1nccn1COCC[Si](C)(C)C)NC(=O)OC(C)(C)C. The molecular formula is C21H39N5O5Si. The smallest absolute Gasteiger partial charge is 0.414 e. The maximum Gasteiger partial charge on any atom is 0.414 e. The summed E-state index contributed by atoms with van der Waals surface area (Å²) in [6, 6.07) is 1.07. The van der Waals surface area contributed by atoms with Crippen LogP contribution in [0.2, 0.25) is 25.7 Å². The molecule has 0 aliphatic carbocycles. The topological polar surface area (TPSA) is 116 Å². The summed E-state index contributed by atoms with van der Waals surface area (Å²) in [5.41, 5.74) is -1.41. The molecule has 0 radical (unpaired) electrons. The van der Waals surface area contributed by atoms with Gasteiger partial charge in [-0.25, -0.2) is 19.6 Å². The number of aromatic nitrogens is 2. The number of alkyl carbamates (subject to hydrolysis) is 2. The van der Waals surface area contributed by atoms with Gasteiger partial charge in [-0.15, -0.1) is 0 Å². The van der Waals surface area contributed by atoms with Crippen molar-refractivity contribution < 1.29 is 23.8 Å². The number of carbonyl (C=O) groups is 2. The number of hydrogen-bond acceptors (Lipinski definition) is 7. The first-order valence-corrected chi connectivity index (χ1v) is 14.4. The van der Waals surface area contributed by atoms with E-state index in [2.05, 4.69) is 40.3 Å². The number of aliphatic imine (C=N–C) groups is 1. The van der Waals surface area contributed by atoms with Crippen molar-refractivity contribution in [1.29, 1.82) is 0 Å². The van der Waals surface area contributed by atoms with Crippen molar-refractivity contribution in [2.24, 2.45) is 4.99 Å². The molecule has 1 rings (SSSR count). The molecule has 0 atom stereocenters. The van der Waals surface area contributed by atoms with Crippen molar-refractivity contribution >= 4 is 26.2 Å². The van der Waals surface area contributed by atoms with Crippen LogP contribution in [0.5, 0.6) is 0 Å². The number of nitrogens with one attached hydrogen (secondary N) is 2. The molecule has 0 bridgehead atoms. The van der Waals surface area contributed by atoms with Crippen molar-refractivity contribution in [3.8, 4) is 0 Å². The lowest BCUT2D eigenvalue weighted by molar-refractivity contribution is 0.0544. The molecule has 2 N–H and O–H groups in total. The fourth-order valence-corrected chi connectivity index (χ4v) is 2.97. The van der Waals surface area contributed by atoms with E-state index in [9.17, 15) is 9.59 Å². The molecule has 1 heterocycles. The van der Waals surface area contributed by atoms with E-state index in [-0.39, 0.29) is 12.5 Å². The molecule has 0 saturated heterocycles. The molecule has 0 aliphatic heterocycles. The Balaban J connectivity index is 2.84. The van der Waals surface area contributed by atoms with Crippen molar-refractivity contribution in [3.63, 3.8) is 0 Å². The Hall–Kier alpha value is -2.40. The van der Waals surface area contributed by atoms with Gasteiger partial charge in [-0.05, 0) is 47.6 Å². The molecule has 0 fully saturated rings. The molecule has 0 saturated carbocycles. The number of hydrogen-bond donors (Lipinski definition) is 2. The van der Waals surface area contributed by atoms with Crippen LogP contribution in [0.3, 0.4) is 0 Å². The summed E-state index contributed by atoms with van der Waals surface area (Å²) in [5.74, 6) is 0.523. The largest absolute Gasteiger partial charge is 0.444 e. The summed E-state index contributed by atoms with van der Waals surface area (Å²) in [7, 11) is -1.16. The maximum atomic E-state index is 12.2. The Morgan fingerprint density at radius 1 is 1.03 bits per heavy atom. The van der Waals surface area contributed by atoms with E-state index in [4.69, 9.17) is 14.2 Å². The molecule has 2 amide bonds. The Bertz CT molecular complexity index is 756. The molecule has 182 valence electrons. The van der Waals surface area contributed by atoms with Crippen molar-refractivity contribution in [3.05, 3.63) is 18.2 Å². The molecule has 1 aromatic rings. The van der Waals surface area contributed by atoms with Gasteiger partial charge in [0.1, 0.15) is 30.3 Å². The zero-order valence-corrected chi connectivity index (χ0v) is 21.9. The van der Waals surface area contributed by atoms with Gasteiger partial charge in [-0.1, -0.05) is 19.6 Å². The monoisotopic (exact) mass is 469 g/mol. The molecule has 0 aliphatic rings. The van der Waals surface area contributed by atoms with Gasteiger partial charge in [-0.2, -0.15) is 0 Å². The Labute approximate surface area is 192 Å². The summed E-state index contributed by atoms with van der Waals surface area (Å²) in [5, 5.41) is 4.91. The lowest BCUT2D eigenvalue weighted by atomic mass is 10.2. The van der Waals surface area contributed by atoms with Gasteiger partial charge in [0.25, 0.3) is 0 Å². The fraction of sp³-hybridized carbons (Fsp3) is 0.714. The summed E-state index contributed by atoms with van der Waals surface area (Å²) in [6.45, 7) is 18.5. The van der Waals surface area contributed by atoms with Crippen LogP contribution in [0.1, 0.15) is 47.4 Å². The van der Waals surface area contributed by atoms with E-state index in [1.165, 1.54) is 0 Å². The summed E-state index contributed by atoms with van der Waals surface area (Å²) in [6.07, 6.45) is 1.95. The number of guanidine groups is 1. The van der Waals surface area contributed by atoms with E-state index < -0.39 is 31.5 Å². The predicted octanol–water partition coefficient (Wildman–Crippen LogP) is 4.10. The number of carbonyl (C=O) groups excluding carboxylic acids is 2. The number of amides is 2. The van der Waals surface area contributed by atoms with E-state index in [0.29, 0.717) is 19.2 Å². The molecule has 0 aromatic carbocycles. The van der Waals surface area contributed by atoms with Crippen molar-refractivity contribution in [2.45, 2.75) is 91.7 Å². The third kappa shape index (κ3) is 13.1. The second-order valence-corrected chi connectivity index (χ2v) is 16.2. The minimum Gasteiger partial charge on any atom is -0.444 e. The van der Waals surface area contributed by atoms with Crippen LogP contribution in [0.25, 0.3) is 0 Å². The van der Waals surface area contributed by atoms with Gasteiger partial charge in [0.05, 0.1) is 0 Å². The first kappa shape index (κ1) is 27.6. The second kappa shape index (κ2) is 11.5. The number of nitrogens with zero attached hydrogens (tertiary/aromatic N) is 3. The van der Waals surface area contributed by atoms with Crippen LogP contribution >= 0.6 is 0 Å². The third-order valence-electron chi connectivity index (χ3n) is 3.65. The Kier molecular flexibility index (Phi) is 9.89. The number of ether oxygens (including phenoxy) is 3. The Morgan fingerprint density at radius 3 is 2.03 bits per heavy atom. The minimum absolute atomic E-state index is 0.0947. The van der Waals surface area contributed by atoms with E-state index in [1.54, 1.807) is 53.9 Å². The standard InChI is InChI=1S/C21H39N5O5Si/c1-20(2,3)30-18(27)24-17(25-19(28)31-21(4,5)6)23-14-16-22-10-11-26(16)15-29-12-13-32(7,8)9/h10-11H,12-15H2,1-9H3,(H2,23,24,25,27,28). The maximum absolute atomic E-state index is 12.2. The zero-order valence-electron chi connectivity index (χ0n) is 20.9. The van der Waals surface area contributed by atoms with Crippen LogP contribution in [-0.2, 0) is 27.5 Å². The average molecular weight is 470 g/mol. The van der Waals surface area contributed by atoms with Gasteiger partial charge in [0, 0.05) is 27.1 Å². The highest BCUT2D eigenvalue weighted by Crippen LogP contribution is 2.10. The van der Waals surface area contributed by atoms with Gasteiger partial charge in [0.15, 0.2) is 0 Å². The van der Waals surface area contributed by atoms with E-state index in [1.807, 2.05) is 4.57 Å². The fourth-order valence-electron chi connectivity index (χ4n) is 2.21. The summed E-state index contributed by atoms with van der Waals surface area (Å²) < 4.78 is 18.1. The van der Waals surface area contributed by atoms with Crippen LogP contribution in [-0.4, -0.2) is 53.6 Å². The Morgan fingerprint density at radius 2 is 1.56 bits per heavy atom. The molecule has 0 spiro atoms. The van der Waals surface area contributed by atoms with Gasteiger partial charge in [0.2, 0.25) is 5.96 Å². The van der Waals surface area contributed by atoms with Crippen LogP contribution in [0.15, 0.2) is 17.4 Å². The average Bonchev–Trinajstić information content (AvgIpc) is 2.99. The number of rotatable bonds is 7.